The summed E-state index contributed by atoms with van der Waals surface area (Å²) in [4.78, 5) is 11.9. The summed E-state index contributed by atoms with van der Waals surface area (Å²) in [6.07, 6.45) is 3.47. The lowest BCUT2D eigenvalue weighted by molar-refractivity contribution is -0.116. The maximum absolute atomic E-state index is 13.1. The molecule has 0 aliphatic carbocycles. The van der Waals surface area contributed by atoms with Gasteiger partial charge in [0.2, 0.25) is 15.9 Å². The number of nitrogens with zero attached hydrogens (tertiary/aromatic N) is 1. The first-order valence-corrected chi connectivity index (χ1v) is 8.79. The number of sulfonamides is 1. The number of halogens is 2. The van der Waals surface area contributed by atoms with Gasteiger partial charge in [0.05, 0.1) is 12.8 Å². The number of unbranched alkanes of at least 4 members (excludes halogenated alkanes) is 2. The average Bonchev–Trinajstić information content (AvgIpc) is 2.41. The van der Waals surface area contributed by atoms with Crippen LogP contribution in [-0.4, -0.2) is 38.0 Å². The van der Waals surface area contributed by atoms with Gasteiger partial charge in [-0.1, -0.05) is 19.8 Å². The minimum atomic E-state index is -3.51. The molecule has 1 aromatic carbocycles. The molecule has 124 valence electrons. The van der Waals surface area contributed by atoms with Crippen molar-refractivity contribution in [3.63, 3.8) is 0 Å². The Morgan fingerprint density at radius 3 is 2.45 bits per heavy atom. The number of nitrogens with one attached hydrogen (secondary N) is 1. The number of carbonyl (C=O) groups excluding carboxylic acids is 1. The van der Waals surface area contributed by atoms with Crippen LogP contribution in [0.15, 0.2) is 18.2 Å². The highest BCUT2D eigenvalue weighted by atomic mass is 32.2. The molecule has 0 fully saturated rings. The SMILES string of the molecule is CCCCCN(CC(=O)Nc1ccc(F)c(F)c1)S(C)(=O)=O. The van der Waals surface area contributed by atoms with Gasteiger partial charge in [-0.2, -0.15) is 4.31 Å². The summed E-state index contributed by atoms with van der Waals surface area (Å²) in [6, 6.07) is 2.94. The average molecular weight is 334 g/mol. The molecule has 0 atom stereocenters. The van der Waals surface area contributed by atoms with Crippen LogP contribution in [0.2, 0.25) is 0 Å². The Labute approximate surface area is 129 Å². The van der Waals surface area contributed by atoms with Gasteiger partial charge in [-0.25, -0.2) is 17.2 Å². The van der Waals surface area contributed by atoms with Crippen LogP contribution in [0.5, 0.6) is 0 Å². The molecule has 8 heteroatoms. The Kier molecular flexibility index (Phi) is 6.89. The lowest BCUT2D eigenvalue weighted by Crippen LogP contribution is -2.38. The van der Waals surface area contributed by atoms with Gasteiger partial charge < -0.3 is 5.32 Å². The molecular formula is C14H20F2N2O3S. The number of carbonyl (C=O) groups is 1. The fourth-order valence-electron chi connectivity index (χ4n) is 1.83. The molecule has 22 heavy (non-hydrogen) atoms. The fraction of sp³-hybridized carbons (Fsp3) is 0.500. The van der Waals surface area contributed by atoms with Crippen molar-refractivity contribution in [2.24, 2.45) is 0 Å². The van der Waals surface area contributed by atoms with Crippen molar-refractivity contribution in [2.45, 2.75) is 26.2 Å². The lowest BCUT2D eigenvalue weighted by Gasteiger charge is -2.19. The molecule has 0 aromatic heterocycles. The van der Waals surface area contributed by atoms with Crippen LogP contribution in [0.25, 0.3) is 0 Å². The van der Waals surface area contributed by atoms with E-state index in [1.165, 1.54) is 6.07 Å². The maximum Gasteiger partial charge on any atom is 0.239 e. The third kappa shape index (κ3) is 6.07. The molecule has 0 heterocycles. The molecule has 1 amide bonds. The first-order chi connectivity index (χ1) is 10.2. The second-order valence-electron chi connectivity index (χ2n) is 4.98. The van der Waals surface area contributed by atoms with Crippen molar-refractivity contribution in [2.75, 3.05) is 24.7 Å². The molecule has 1 rings (SSSR count). The second-order valence-corrected chi connectivity index (χ2v) is 6.96. The van der Waals surface area contributed by atoms with Gasteiger partial charge in [-0.15, -0.1) is 0 Å². The highest BCUT2D eigenvalue weighted by molar-refractivity contribution is 7.88. The highest BCUT2D eigenvalue weighted by Crippen LogP contribution is 2.13. The zero-order valence-electron chi connectivity index (χ0n) is 12.6. The highest BCUT2D eigenvalue weighted by Gasteiger charge is 2.19. The number of benzene rings is 1. The summed E-state index contributed by atoms with van der Waals surface area (Å²) in [5.41, 5.74) is 0.0749. The Bertz CT molecular complexity index is 621. The molecule has 0 aliphatic heterocycles. The first-order valence-electron chi connectivity index (χ1n) is 6.94. The molecule has 0 aliphatic rings. The minimum absolute atomic E-state index is 0.0749. The van der Waals surface area contributed by atoms with Crippen molar-refractivity contribution in [1.82, 2.24) is 4.31 Å². The number of amides is 1. The van der Waals surface area contributed by atoms with Gasteiger partial charge in [0, 0.05) is 18.3 Å². The Morgan fingerprint density at radius 1 is 1.23 bits per heavy atom. The normalized spacial score (nSPS) is 11.7. The van der Waals surface area contributed by atoms with E-state index in [9.17, 15) is 22.0 Å². The quantitative estimate of drug-likeness (QED) is 0.742. The topological polar surface area (TPSA) is 66.5 Å². The van der Waals surface area contributed by atoms with Crippen LogP contribution in [-0.2, 0) is 14.8 Å². The molecule has 0 bridgehead atoms. The Morgan fingerprint density at radius 2 is 1.91 bits per heavy atom. The predicted octanol–water partition coefficient (Wildman–Crippen LogP) is 2.36. The Hall–Kier alpha value is -1.54. The van der Waals surface area contributed by atoms with Gasteiger partial charge in [-0.05, 0) is 18.6 Å². The van der Waals surface area contributed by atoms with Gasteiger partial charge in [0.1, 0.15) is 0 Å². The maximum atomic E-state index is 13.1. The number of hydrogen-bond donors (Lipinski definition) is 1. The minimum Gasteiger partial charge on any atom is -0.325 e. The van der Waals surface area contributed by atoms with Gasteiger partial charge >= 0.3 is 0 Å². The van der Waals surface area contributed by atoms with E-state index in [0.29, 0.717) is 6.42 Å². The summed E-state index contributed by atoms with van der Waals surface area (Å²) in [5.74, 6) is -2.70. The van der Waals surface area contributed by atoms with E-state index in [1.54, 1.807) is 0 Å². The predicted molar refractivity (Wildman–Crippen MR) is 80.9 cm³/mol. The van der Waals surface area contributed by atoms with Crippen LogP contribution in [0.3, 0.4) is 0 Å². The molecule has 0 unspecified atom stereocenters. The van der Waals surface area contributed by atoms with Crippen LogP contribution in [0, 0.1) is 11.6 Å². The first kappa shape index (κ1) is 18.5. The number of rotatable bonds is 8. The molecule has 5 nitrogen and oxygen atoms in total. The van der Waals surface area contributed by atoms with Crippen molar-refractivity contribution < 1.29 is 22.0 Å². The lowest BCUT2D eigenvalue weighted by atomic mass is 10.2. The summed E-state index contributed by atoms with van der Waals surface area (Å²) >= 11 is 0. The van der Waals surface area contributed by atoms with E-state index >= 15 is 0 Å². The molecular weight excluding hydrogens is 314 g/mol. The Balaban J connectivity index is 2.68. The second kappa shape index (κ2) is 8.19. The summed E-state index contributed by atoms with van der Waals surface area (Å²) in [6.45, 7) is 1.87. The number of anilines is 1. The third-order valence-electron chi connectivity index (χ3n) is 3.00. The van der Waals surface area contributed by atoms with Crippen LogP contribution >= 0.6 is 0 Å². The van der Waals surface area contributed by atoms with E-state index < -0.39 is 27.6 Å². The monoisotopic (exact) mass is 334 g/mol. The van der Waals surface area contributed by atoms with Gasteiger partial charge in [0.15, 0.2) is 11.6 Å². The summed E-state index contributed by atoms with van der Waals surface area (Å²) in [7, 11) is -3.51. The molecule has 0 saturated carbocycles. The van der Waals surface area contributed by atoms with Gasteiger partial charge in [0.25, 0.3) is 0 Å². The number of hydrogen-bond acceptors (Lipinski definition) is 3. The van der Waals surface area contributed by atoms with Gasteiger partial charge in [-0.3, -0.25) is 4.79 Å². The van der Waals surface area contributed by atoms with Crippen molar-refractivity contribution in [3.8, 4) is 0 Å². The van der Waals surface area contributed by atoms with E-state index in [-0.39, 0.29) is 18.8 Å². The van der Waals surface area contributed by atoms with E-state index in [4.69, 9.17) is 0 Å². The molecule has 0 radical (unpaired) electrons. The molecule has 1 N–H and O–H groups in total. The van der Waals surface area contributed by atoms with Crippen molar-refractivity contribution in [1.29, 1.82) is 0 Å². The summed E-state index contributed by atoms with van der Waals surface area (Å²) in [5, 5.41) is 2.35. The summed E-state index contributed by atoms with van der Waals surface area (Å²) < 4.78 is 50.2. The largest absolute Gasteiger partial charge is 0.325 e. The van der Waals surface area contributed by atoms with E-state index in [0.717, 1.165) is 35.5 Å². The van der Waals surface area contributed by atoms with Crippen LogP contribution in [0.1, 0.15) is 26.2 Å². The van der Waals surface area contributed by atoms with Crippen molar-refractivity contribution >= 4 is 21.6 Å². The molecule has 1 aromatic rings. The molecule has 0 saturated heterocycles. The molecule has 0 spiro atoms. The smallest absolute Gasteiger partial charge is 0.239 e. The standard InChI is InChI=1S/C14H20F2N2O3S/c1-3-4-5-8-18(22(2,20)21)10-14(19)17-11-6-7-12(15)13(16)9-11/h6-7,9H,3-5,8,10H2,1-2H3,(H,17,19). The third-order valence-corrected chi connectivity index (χ3v) is 4.25. The fourth-order valence-corrected chi connectivity index (χ4v) is 2.65. The van der Waals surface area contributed by atoms with Crippen molar-refractivity contribution in [3.05, 3.63) is 29.8 Å². The van der Waals surface area contributed by atoms with Crippen LogP contribution < -0.4 is 5.32 Å². The van der Waals surface area contributed by atoms with Crippen LogP contribution in [0.4, 0.5) is 14.5 Å². The van der Waals surface area contributed by atoms with E-state index in [2.05, 4.69) is 5.32 Å². The zero-order chi connectivity index (χ0) is 16.8. The zero-order valence-corrected chi connectivity index (χ0v) is 13.4. The van der Waals surface area contributed by atoms with E-state index in [1.807, 2.05) is 6.92 Å².